The SMILES string of the molecule is CN(C)C(=O)c1ccc(NCC(=O)N2CCc3ccccc32)cc1. The van der Waals surface area contributed by atoms with Gasteiger partial charge in [-0.3, -0.25) is 9.59 Å². The Morgan fingerprint density at radius 2 is 1.79 bits per heavy atom. The summed E-state index contributed by atoms with van der Waals surface area (Å²) in [4.78, 5) is 27.7. The third kappa shape index (κ3) is 3.25. The van der Waals surface area contributed by atoms with Crippen molar-refractivity contribution in [2.24, 2.45) is 0 Å². The van der Waals surface area contributed by atoms with Crippen LogP contribution in [0.1, 0.15) is 15.9 Å². The predicted octanol–water partition coefficient (Wildman–Crippen LogP) is 2.39. The Labute approximate surface area is 141 Å². The lowest BCUT2D eigenvalue weighted by Crippen LogP contribution is -2.34. The number of hydrogen-bond donors (Lipinski definition) is 1. The van der Waals surface area contributed by atoms with E-state index in [0.29, 0.717) is 5.56 Å². The van der Waals surface area contributed by atoms with Gasteiger partial charge in [-0.05, 0) is 42.3 Å². The molecule has 0 unspecified atom stereocenters. The molecular formula is C19H21N3O2. The third-order valence-electron chi connectivity index (χ3n) is 4.17. The minimum atomic E-state index is -0.0358. The van der Waals surface area contributed by atoms with E-state index in [1.54, 1.807) is 26.2 Å². The van der Waals surface area contributed by atoms with Crippen molar-refractivity contribution in [2.45, 2.75) is 6.42 Å². The number of anilines is 2. The molecule has 1 aliphatic heterocycles. The summed E-state index contributed by atoms with van der Waals surface area (Å²) in [6.07, 6.45) is 0.906. The number of nitrogens with zero attached hydrogens (tertiary/aromatic N) is 2. The number of carbonyl (C=O) groups is 2. The summed E-state index contributed by atoms with van der Waals surface area (Å²) in [6.45, 7) is 0.964. The molecule has 5 heteroatoms. The Morgan fingerprint density at radius 3 is 2.50 bits per heavy atom. The predicted molar refractivity (Wildman–Crippen MR) is 95.4 cm³/mol. The number of benzene rings is 2. The maximum absolute atomic E-state index is 12.4. The van der Waals surface area contributed by atoms with Gasteiger partial charge < -0.3 is 15.1 Å². The summed E-state index contributed by atoms with van der Waals surface area (Å²) in [5.41, 5.74) is 3.69. The number of carbonyl (C=O) groups excluding carboxylic acids is 2. The first-order valence-corrected chi connectivity index (χ1v) is 8.00. The second kappa shape index (κ2) is 6.74. The van der Waals surface area contributed by atoms with Crippen LogP contribution in [0.5, 0.6) is 0 Å². The fourth-order valence-corrected chi connectivity index (χ4v) is 2.86. The van der Waals surface area contributed by atoms with E-state index in [1.807, 2.05) is 35.2 Å². The molecule has 5 nitrogen and oxygen atoms in total. The van der Waals surface area contributed by atoms with E-state index >= 15 is 0 Å². The quantitative estimate of drug-likeness (QED) is 0.940. The lowest BCUT2D eigenvalue weighted by molar-refractivity contribution is -0.116. The number of para-hydroxylation sites is 1. The van der Waals surface area contributed by atoms with Gasteiger partial charge in [0.1, 0.15) is 0 Å². The standard InChI is InChI=1S/C19H21N3O2/c1-21(2)19(24)15-7-9-16(10-8-15)20-13-18(23)22-12-11-14-5-3-4-6-17(14)22/h3-10,20H,11-13H2,1-2H3. The minimum Gasteiger partial charge on any atom is -0.376 e. The molecule has 3 rings (SSSR count). The van der Waals surface area contributed by atoms with Crippen LogP contribution in [0.4, 0.5) is 11.4 Å². The molecule has 2 aromatic rings. The van der Waals surface area contributed by atoms with Gasteiger partial charge in [0.15, 0.2) is 0 Å². The van der Waals surface area contributed by atoms with Gasteiger partial charge in [0.2, 0.25) is 5.91 Å². The minimum absolute atomic E-state index is 0.0358. The number of fused-ring (bicyclic) bond motifs is 1. The molecule has 0 radical (unpaired) electrons. The average molecular weight is 323 g/mol. The first-order valence-electron chi connectivity index (χ1n) is 8.00. The van der Waals surface area contributed by atoms with Crippen LogP contribution in [0.2, 0.25) is 0 Å². The van der Waals surface area contributed by atoms with Gasteiger partial charge in [-0.15, -0.1) is 0 Å². The normalized spacial score (nSPS) is 12.7. The lowest BCUT2D eigenvalue weighted by atomic mass is 10.2. The van der Waals surface area contributed by atoms with Crippen molar-refractivity contribution in [1.82, 2.24) is 4.90 Å². The molecule has 0 bridgehead atoms. The third-order valence-corrected chi connectivity index (χ3v) is 4.17. The van der Waals surface area contributed by atoms with Gasteiger partial charge >= 0.3 is 0 Å². The van der Waals surface area contributed by atoms with E-state index in [4.69, 9.17) is 0 Å². The zero-order valence-corrected chi connectivity index (χ0v) is 14.0. The highest BCUT2D eigenvalue weighted by molar-refractivity contribution is 5.98. The van der Waals surface area contributed by atoms with Crippen LogP contribution in [0.15, 0.2) is 48.5 Å². The molecule has 24 heavy (non-hydrogen) atoms. The van der Waals surface area contributed by atoms with E-state index in [9.17, 15) is 9.59 Å². The molecule has 0 aromatic heterocycles. The van der Waals surface area contributed by atoms with Crippen LogP contribution in [0.25, 0.3) is 0 Å². The Kier molecular flexibility index (Phi) is 4.51. The van der Waals surface area contributed by atoms with E-state index in [0.717, 1.165) is 24.3 Å². The monoisotopic (exact) mass is 323 g/mol. The van der Waals surface area contributed by atoms with Crippen molar-refractivity contribution in [3.05, 3.63) is 59.7 Å². The fourth-order valence-electron chi connectivity index (χ4n) is 2.86. The van der Waals surface area contributed by atoms with E-state index < -0.39 is 0 Å². The Morgan fingerprint density at radius 1 is 1.08 bits per heavy atom. The molecule has 0 atom stereocenters. The summed E-state index contributed by atoms with van der Waals surface area (Å²) in [5.74, 6) is 0.0136. The van der Waals surface area contributed by atoms with Crippen molar-refractivity contribution in [3.63, 3.8) is 0 Å². The second-order valence-corrected chi connectivity index (χ2v) is 6.05. The summed E-state index contributed by atoms with van der Waals surface area (Å²) in [5, 5.41) is 3.13. The molecule has 1 N–H and O–H groups in total. The first kappa shape index (κ1) is 16.1. The van der Waals surface area contributed by atoms with Crippen molar-refractivity contribution < 1.29 is 9.59 Å². The Bertz CT molecular complexity index is 753. The highest BCUT2D eigenvalue weighted by Gasteiger charge is 2.23. The molecular weight excluding hydrogens is 302 g/mol. The first-order chi connectivity index (χ1) is 11.6. The summed E-state index contributed by atoms with van der Waals surface area (Å²) in [6, 6.07) is 15.2. The van der Waals surface area contributed by atoms with Gasteiger partial charge in [0.05, 0.1) is 6.54 Å². The molecule has 1 heterocycles. The Hall–Kier alpha value is -2.82. The van der Waals surface area contributed by atoms with Crippen LogP contribution >= 0.6 is 0 Å². The molecule has 2 aromatic carbocycles. The van der Waals surface area contributed by atoms with E-state index in [1.165, 1.54) is 10.5 Å². The molecule has 0 aliphatic carbocycles. The van der Waals surface area contributed by atoms with Crippen LogP contribution in [0, 0.1) is 0 Å². The lowest BCUT2D eigenvalue weighted by Gasteiger charge is -2.18. The van der Waals surface area contributed by atoms with Crippen LogP contribution in [-0.4, -0.2) is 43.9 Å². The molecule has 0 saturated carbocycles. The summed E-state index contributed by atoms with van der Waals surface area (Å²) in [7, 11) is 3.45. The zero-order valence-electron chi connectivity index (χ0n) is 14.0. The van der Waals surface area contributed by atoms with Crippen LogP contribution in [-0.2, 0) is 11.2 Å². The fraction of sp³-hybridized carbons (Fsp3) is 0.263. The average Bonchev–Trinajstić information content (AvgIpc) is 3.03. The van der Waals surface area contributed by atoms with Crippen molar-refractivity contribution in [2.75, 3.05) is 37.4 Å². The number of nitrogens with one attached hydrogen (secondary N) is 1. The molecule has 0 fully saturated rings. The van der Waals surface area contributed by atoms with Crippen molar-refractivity contribution in [3.8, 4) is 0 Å². The Balaban J connectivity index is 1.60. The van der Waals surface area contributed by atoms with Gasteiger partial charge in [-0.1, -0.05) is 18.2 Å². The highest BCUT2D eigenvalue weighted by atomic mass is 16.2. The summed E-state index contributed by atoms with van der Waals surface area (Å²) >= 11 is 0. The summed E-state index contributed by atoms with van der Waals surface area (Å²) < 4.78 is 0. The van der Waals surface area contributed by atoms with Gasteiger partial charge in [-0.2, -0.15) is 0 Å². The molecule has 0 saturated heterocycles. The van der Waals surface area contributed by atoms with Gasteiger partial charge in [0, 0.05) is 37.6 Å². The maximum atomic E-state index is 12.4. The van der Waals surface area contributed by atoms with Crippen molar-refractivity contribution in [1.29, 1.82) is 0 Å². The smallest absolute Gasteiger partial charge is 0.253 e. The highest BCUT2D eigenvalue weighted by Crippen LogP contribution is 2.27. The molecule has 0 spiro atoms. The van der Waals surface area contributed by atoms with Gasteiger partial charge in [0.25, 0.3) is 5.91 Å². The topological polar surface area (TPSA) is 52.7 Å². The van der Waals surface area contributed by atoms with Crippen LogP contribution < -0.4 is 10.2 Å². The van der Waals surface area contributed by atoms with E-state index in [-0.39, 0.29) is 18.4 Å². The van der Waals surface area contributed by atoms with Gasteiger partial charge in [-0.25, -0.2) is 0 Å². The second-order valence-electron chi connectivity index (χ2n) is 6.05. The number of hydrogen-bond acceptors (Lipinski definition) is 3. The molecule has 1 aliphatic rings. The molecule has 2 amide bonds. The maximum Gasteiger partial charge on any atom is 0.253 e. The largest absolute Gasteiger partial charge is 0.376 e. The molecule has 124 valence electrons. The van der Waals surface area contributed by atoms with E-state index in [2.05, 4.69) is 11.4 Å². The zero-order chi connectivity index (χ0) is 17.1. The number of amides is 2. The van der Waals surface area contributed by atoms with Crippen LogP contribution in [0.3, 0.4) is 0 Å². The van der Waals surface area contributed by atoms with Crippen molar-refractivity contribution >= 4 is 23.2 Å². The number of rotatable bonds is 4.